The Morgan fingerprint density at radius 1 is 1.19 bits per heavy atom. The second-order valence-corrected chi connectivity index (χ2v) is 9.07. The van der Waals surface area contributed by atoms with Crippen LogP contribution in [0.5, 0.6) is 5.75 Å². The normalized spacial score (nSPS) is 20.6. The first-order valence-corrected chi connectivity index (χ1v) is 11.4. The molecule has 1 fully saturated rings. The van der Waals surface area contributed by atoms with Gasteiger partial charge in [0, 0.05) is 49.1 Å². The number of hydrogen-bond donors (Lipinski definition) is 1. The number of rotatable bonds is 5. The number of ether oxygens (including phenoxy) is 1. The van der Waals surface area contributed by atoms with Crippen LogP contribution >= 0.6 is 0 Å². The molecule has 8 heteroatoms. The molecule has 6 rings (SSSR count). The Kier molecular flexibility index (Phi) is 4.91. The first-order valence-electron chi connectivity index (χ1n) is 11.4. The molecule has 1 saturated heterocycles. The number of aromatic nitrogens is 3. The van der Waals surface area contributed by atoms with E-state index in [2.05, 4.69) is 26.3 Å². The van der Waals surface area contributed by atoms with Gasteiger partial charge in [-0.3, -0.25) is 9.78 Å². The molecule has 0 radical (unpaired) electrons. The zero-order valence-corrected chi connectivity index (χ0v) is 17.9. The number of fused-ring (bicyclic) bond motifs is 1. The predicted octanol–water partition coefficient (Wildman–Crippen LogP) is 2.22. The van der Waals surface area contributed by atoms with E-state index in [-0.39, 0.29) is 17.3 Å². The number of nitrogens with zero attached hydrogens (tertiary/aromatic N) is 4. The monoisotopic (exact) mass is 435 g/mol. The van der Waals surface area contributed by atoms with Gasteiger partial charge in [0.05, 0.1) is 35.7 Å². The maximum atomic E-state index is 14.7. The van der Waals surface area contributed by atoms with E-state index in [4.69, 9.17) is 4.74 Å². The van der Waals surface area contributed by atoms with Gasteiger partial charge in [0.1, 0.15) is 11.6 Å². The number of halogens is 1. The van der Waals surface area contributed by atoms with Crippen LogP contribution in [0.4, 0.5) is 4.39 Å². The molecule has 5 heterocycles. The lowest BCUT2D eigenvalue weighted by atomic mass is 9.97. The standard InChI is InChI=1S/C24H26FN5O2/c25-19-1-2-20-24-23(19)16(14-30(24)22(31)12-28-20)13-29-6-3-17(4-7-29)26-10-18-9-15-5-8-32-21(15)11-27-18/h1-2,9,11-12,16-17,26H,3-8,10,13-14H2. The molecule has 0 aliphatic carbocycles. The van der Waals surface area contributed by atoms with E-state index in [1.807, 2.05) is 6.20 Å². The van der Waals surface area contributed by atoms with Gasteiger partial charge in [-0.15, -0.1) is 0 Å². The molecule has 0 spiro atoms. The van der Waals surface area contributed by atoms with E-state index in [9.17, 15) is 9.18 Å². The summed E-state index contributed by atoms with van der Waals surface area (Å²) in [5.41, 5.74) is 4.18. The van der Waals surface area contributed by atoms with Gasteiger partial charge in [-0.2, -0.15) is 0 Å². The van der Waals surface area contributed by atoms with Crippen LogP contribution in [0.2, 0.25) is 0 Å². The highest BCUT2D eigenvalue weighted by Gasteiger charge is 2.31. The van der Waals surface area contributed by atoms with E-state index >= 15 is 0 Å². The van der Waals surface area contributed by atoms with Crippen molar-refractivity contribution >= 4 is 11.0 Å². The maximum Gasteiger partial charge on any atom is 0.269 e. The van der Waals surface area contributed by atoms with Crippen LogP contribution < -0.4 is 15.6 Å². The summed E-state index contributed by atoms with van der Waals surface area (Å²) in [6.45, 7) is 4.72. The minimum absolute atomic E-state index is 0.0158. The first-order chi connectivity index (χ1) is 15.7. The summed E-state index contributed by atoms with van der Waals surface area (Å²) in [5, 5.41) is 3.65. The Morgan fingerprint density at radius 2 is 2.06 bits per heavy atom. The van der Waals surface area contributed by atoms with Crippen LogP contribution in [-0.4, -0.2) is 51.7 Å². The van der Waals surface area contributed by atoms with E-state index in [1.54, 1.807) is 10.6 Å². The molecule has 0 saturated carbocycles. The van der Waals surface area contributed by atoms with Crippen molar-refractivity contribution in [3.8, 4) is 5.75 Å². The zero-order chi connectivity index (χ0) is 21.7. The summed E-state index contributed by atoms with van der Waals surface area (Å²) in [6.07, 6.45) is 6.23. The fraction of sp³-hybridized carbons (Fsp3) is 0.458. The zero-order valence-electron chi connectivity index (χ0n) is 17.9. The highest BCUT2D eigenvalue weighted by molar-refractivity contribution is 5.80. The fourth-order valence-corrected chi connectivity index (χ4v) is 5.40. The third-order valence-electron chi connectivity index (χ3n) is 7.08. The second-order valence-electron chi connectivity index (χ2n) is 9.07. The minimum atomic E-state index is -0.232. The number of benzene rings is 1. The molecular formula is C24H26FN5O2. The van der Waals surface area contributed by atoms with Crippen molar-refractivity contribution in [3.63, 3.8) is 0 Å². The van der Waals surface area contributed by atoms with Crippen molar-refractivity contribution in [2.75, 3.05) is 26.2 Å². The first kappa shape index (κ1) is 19.8. The molecule has 3 aliphatic rings. The SMILES string of the molecule is O=c1cnc2ccc(F)c3c2n1CC3CN1CCC(NCc2cc3c(cn2)OCC3)CC1. The summed E-state index contributed by atoms with van der Waals surface area (Å²) in [4.78, 5) is 23.4. The second kappa shape index (κ2) is 7.94. The summed E-state index contributed by atoms with van der Waals surface area (Å²) in [5.74, 6) is 0.671. The smallest absolute Gasteiger partial charge is 0.269 e. The lowest BCUT2D eigenvalue weighted by molar-refractivity contribution is 0.184. The molecule has 2 aromatic heterocycles. The Morgan fingerprint density at radius 3 is 2.94 bits per heavy atom. The van der Waals surface area contributed by atoms with E-state index < -0.39 is 0 Å². The Bertz CT molecular complexity index is 1240. The number of hydrogen-bond acceptors (Lipinski definition) is 6. The molecule has 0 amide bonds. The van der Waals surface area contributed by atoms with E-state index in [0.717, 1.165) is 63.5 Å². The molecule has 1 N–H and O–H groups in total. The Hall–Kier alpha value is -2.84. The van der Waals surface area contributed by atoms with Gasteiger partial charge in [-0.05, 0) is 44.1 Å². The van der Waals surface area contributed by atoms with Crippen LogP contribution in [0, 0.1) is 5.82 Å². The van der Waals surface area contributed by atoms with Crippen molar-refractivity contribution in [1.82, 2.24) is 24.8 Å². The lowest BCUT2D eigenvalue weighted by Gasteiger charge is -2.34. The topological polar surface area (TPSA) is 72.3 Å². The molecule has 32 heavy (non-hydrogen) atoms. The van der Waals surface area contributed by atoms with Crippen molar-refractivity contribution in [2.45, 2.75) is 44.3 Å². The quantitative estimate of drug-likeness (QED) is 0.663. The summed E-state index contributed by atoms with van der Waals surface area (Å²) < 4.78 is 21.9. The molecule has 1 atom stereocenters. The van der Waals surface area contributed by atoms with Crippen LogP contribution in [0.15, 0.2) is 35.4 Å². The Labute approximate surface area is 185 Å². The average molecular weight is 436 g/mol. The van der Waals surface area contributed by atoms with E-state index in [1.165, 1.54) is 17.8 Å². The van der Waals surface area contributed by atoms with Crippen molar-refractivity contribution in [2.24, 2.45) is 0 Å². The number of likely N-dealkylation sites (tertiary alicyclic amines) is 1. The number of piperidine rings is 1. The van der Waals surface area contributed by atoms with Crippen molar-refractivity contribution in [3.05, 3.63) is 63.6 Å². The average Bonchev–Trinajstić information content (AvgIpc) is 3.43. The van der Waals surface area contributed by atoms with Crippen LogP contribution in [-0.2, 0) is 19.5 Å². The largest absolute Gasteiger partial charge is 0.491 e. The molecule has 0 bridgehead atoms. The third kappa shape index (κ3) is 3.47. The lowest BCUT2D eigenvalue weighted by Crippen LogP contribution is -2.43. The molecule has 3 aliphatic heterocycles. The molecule has 1 aromatic carbocycles. The fourth-order valence-electron chi connectivity index (χ4n) is 5.40. The highest BCUT2D eigenvalue weighted by Crippen LogP contribution is 2.35. The van der Waals surface area contributed by atoms with Crippen LogP contribution in [0.1, 0.15) is 35.6 Å². The van der Waals surface area contributed by atoms with E-state index in [0.29, 0.717) is 29.2 Å². The van der Waals surface area contributed by atoms with Gasteiger partial charge in [0.15, 0.2) is 0 Å². The van der Waals surface area contributed by atoms with Gasteiger partial charge in [0.25, 0.3) is 5.56 Å². The van der Waals surface area contributed by atoms with Crippen molar-refractivity contribution < 1.29 is 9.13 Å². The number of pyridine rings is 1. The molecule has 1 unspecified atom stereocenters. The molecule has 7 nitrogen and oxygen atoms in total. The minimum Gasteiger partial charge on any atom is -0.491 e. The van der Waals surface area contributed by atoms with Gasteiger partial charge in [-0.1, -0.05) is 0 Å². The number of nitrogens with one attached hydrogen (secondary N) is 1. The van der Waals surface area contributed by atoms with Crippen LogP contribution in [0.25, 0.3) is 11.0 Å². The molecular weight excluding hydrogens is 409 g/mol. The summed E-state index contributed by atoms with van der Waals surface area (Å²) in [6, 6.07) is 5.73. The van der Waals surface area contributed by atoms with Gasteiger partial charge in [0.2, 0.25) is 0 Å². The van der Waals surface area contributed by atoms with Gasteiger partial charge in [-0.25, -0.2) is 9.37 Å². The summed E-state index contributed by atoms with van der Waals surface area (Å²) in [7, 11) is 0. The third-order valence-corrected chi connectivity index (χ3v) is 7.08. The highest BCUT2D eigenvalue weighted by atomic mass is 19.1. The van der Waals surface area contributed by atoms with Crippen LogP contribution in [0.3, 0.4) is 0 Å². The van der Waals surface area contributed by atoms with Crippen molar-refractivity contribution in [1.29, 1.82) is 0 Å². The maximum absolute atomic E-state index is 14.7. The summed E-state index contributed by atoms with van der Waals surface area (Å²) >= 11 is 0. The van der Waals surface area contributed by atoms with Gasteiger partial charge < -0.3 is 19.5 Å². The Balaban J connectivity index is 1.07. The predicted molar refractivity (Wildman–Crippen MR) is 118 cm³/mol. The molecule has 3 aromatic rings. The molecule has 166 valence electrons. The van der Waals surface area contributed by atoms with Gasteiger partial charge >= 0.3 is 0 Å².